The lowest BCUT2D eigenvalue weighted by molar-refractivity contribution is 0.122. The second kappa shape index (κ2) is 9.70. The van der Waals surface area contributed by atoms with Crippen LogP contribution in [0.3, 0.4) is 0 Å². The number of hydrogen-bond acceptors (Lipinski definition) is 8. The highest BCUT2D eigenvalue weighted by molar-refractivity contribution is 7.15. The van der Waals surface area contributed by atoms with Gasteiger partial charge in [-0.25, -0.2) is 24.1 Å². The van der Waals surface area contributed by atoms with Gasteiger partial charge in [-0.15, -0.1) is 11.3 Å². The van der Waals surface area contributed by atoms with Crippen molar-refractivity contribution in [1.29, 1.82) is 0 Å². The van der Waals surface area contributed by atoms with Crippen LogP contribution >= 0.6 is 11.3 Å². The van der Waals surface area contributed by atoms with Gasteiger partial charge >= 0.3 is 6.09 Å². The van der Waals surface area contributed by atoms with E-state index in [9.17, 15) is 9.18 Å². The number of likely N-dealkylation sites (N-methyl/N-ethyl adjacent to an activating group) is 1. The summed E-state index contributed by atoms with van der Waals surface area (Å²) in [6.07, 6.45) is 1.21. The molecule has 2 aromatic heterocycles. The van der Waals surface area contributed by atoms with Crippen LogP contribution in [0.15, 0.2) is 30.5 Å². The number of aromatic nitrogens is 3. The molecule has 3 N–H and O–H groups in total. The lowest BCUT2D eigenvalue weighted by atomic mass is 9.98. The Morgan fingerprint density at radius 3 is 2.70 bits per heavy atom. The Kier molecular flexibility index (Phi) is 7.16. The molecule has 3 rings (SSSR count). The van der Waals surface area contributed by atoms with Crippen molar-refractivity contribution in [3.8, 4) is 21.8 Å². The maximum atomic E-state index is 14.9. The van der Waals surface area contributed by atoms with Crippen LogP contribution in [-0.4, -0.2) is 52.7 Å². The molecule has 2 heterocycles. The zero-order chi connectivity index (χ0) is 24.3. The molecule has 0 unspecified atom stereocenters. The fourth-order valence-electron chi connectivity index (χ4n) is 3.00. The molecule has 1 aromatic carbocycles. The smallest absolute Gasteiger partial charge is 0.409 e. The first kappa shape index (κ1) is 24.4. The molecular formula is C23H29FN6O2S. The number of benzene rings is 1. The largest absolute Gasteiger partial charge is 0.453 e. The predicted octanol–water partition coefficient (Wildman–Crippen LogP) is 4.78. The van der Waals surface area contributed by atoms with E-state index in [-0.39, 0.29) is 17.1 Å². The van der Waals surface area contributed by atoms with E-state index in [0.29, 0.717) is 29.4 Å². The van der Waals surface area contributed by atoms with E-state index in [1.54, 1.807) is 31.4 Å². The summed E-state index contributed by atoms with van der Waals surface area (Å²) in [4.78, 5) is 27.6. The van der Waals surface area contributed by atoms with Gasteiger partial charge in [0, 0.05) is 36.8 Å². The Labute approximate surface area is 197 Å². The molecule has 0 saturated heterocycles. The minimum atomic E-state index is -0.503. The minimum Gasteiger partial charge on any atom is -0.453 e. The maximum absolute atomic E-state index is 14.9. The van der Waals surface area contributed by atoms with Crippen LogP contribution in [0.25, 0.3) is 21.8 Å². The molecule has 10 heteroatoms. The van der Waals surface area contributed by atoms with Crippen LogP contribution in [0.5, 0.6) is 0 Å². The molecule has 0 fully saturated rings. The van der Waals surface area contributed by atoms with E-state index in [1.807, 2.05) is 6.92 Å². The van der Waals surface area contributed by atoms with Gasteiger partial charge in [-0.1, -0.05) is 26.8 Å². The summed E-state index contributed by atoms with van der Waals surface area (Å²) in [6.45, 7) is 8.47. The summed E-state index contributed by atoms with van der Waals surface area (Å²) in [6, 6.07) is 6.51. The van der Waals surface area contributed by atoms with Crippen molar-refractivity contribution in [2.75, 3.05) is 31.8 Å². The monoisotopic (exact) mass is 472 g/mol. The number of hydrogen-bond donors (Lipinski definition) is 2. The summed E-state index contributed by atoms with van der Waals surface area (Å²) < 4.78 is 19.6. The molecule has 0 bridgehead atoms. The summed E-state index contributed by atoms with van der Waals surface area (Å²) in [5.74, 6) is -0.112. The second-order valence-electron chi connectivity index (χ2n) is 8.73. The Hall–Kier alpha value is -3.27. The maximum Gasteiger partial charge on any atom is 0.409 e. The zero-order valence-electron chi connectivity index (χ0n) is 19.6. The highest BCUT2D eigenvalue weighted by atomic mass is 32.1. The third-order valence-corrected chi connectivity index (χ3v) is 6.62. The zero-order valence-corrected chi connectivity index (χ0v) is 20.5. The molecule has 0 aliphatic carbocycles. The van der Waals surface area contributed by atoms with Gasteiger partial charge in [0.25, 0.3) is 0 Å². The fourth-order valence-corrected chi connectivity index (χ4v) is 4.11. The highest BCUT2D eigenvalue weighted by Crippen LogP contribution is 2.41. The first-order valence-electron chi connectivity index (χ1n) is 10.5. The molecule has 0 radical (unpaired) electrons. The van der Waals surface area contributed by atoms with E-state index in [1.165, 1.54) is 29.4 Å². The van der Waals surface area contributed by atoms with Gasteiger partial charge in [-0.2, -0.15) is 0 Å². The Bertz CT molecular complexity index is 1140. The van der Waals surface area contributed by atoms with Gasteiger partial charge in [0.2, 0.25) is 5.95 Å². The number of halogens is 1. The van der Waals surface area contributed by atoms with Gasteiger partial charge in [0.05, 0.1) is 34.1 Å². The summed E-state index contributed by atoms with van der Waals surface area (Å²) in [5.41, 5.74) is 7.10. The lowest BCUT2D eigenvalue weighted by Gasteiger charge is -2.23. The number of nitrogens with two attached hydrogens (primary N) is 1. The average molecular weight is 473 g/mol. The van der Waals surface area contributed by atoms with E-state index in [0.717, 1.165) is 9.88 Å². The number of amides is 1. The number of carbonyl (C=O) groups excluding carboxylic acids is 1. The van der Waals surface area contributed by atoms with Crippen molar-refractivity contribution < 1.29 is 13.9 Å². The number of nitrogen functional groups attached to an aromatic ring is 1. The summed E-state index contributed by atoms with van der Waals surface area (Å²) in [5, 5.41) is 4.01. The number of rotatable bonds is 6. The molecule has 176 valence electrons. The van der Waals surface area contributed by atoms with E-state index in [4.69, 9.17) is 15.5 Å². The number of nitrogens with one attached hydrogen (secondary N) is 1. The standard InChI is InChI=1S/C23H29FN6O2S/c1-13(30(5)22(31)32-6)12-27-21-26-11-10-16(28-21)19-18(29-20(33-19)23(2,3)4)14-8-7-9-15(25)17(14)24/h7-11,13H,12,25H2,1-6H3,(H,26,27,28)/t13-/m0/s1. The first-order valence-corrected chi connectivity index (χ1v) is 11.3. The average Bonchev–Trinajstić information content (AvgIpc) is 3.24. The van der Waals surface area contributed by atoms with Crippen molar-refractivity contribution in [2.24, 2.45) is 0 Å². The van der Waals surface area contributed by atoms with Crippen molar-refractivity contribution >= 4 is 29.1 Å². The normalized spacial score (nSPS) is 12.3. The van der Waals surface area contributed by atoms with E-state index < -0.39 is 11.9 Å². The van der Waals surface area contributed by atoms with E-state index >= 15 is 0 Å². The number of ether oxygens (including phenoxy) is 1. The SMILES string of the molecule is COC(=O)N(C)[C@@H](C)CNc1nccc(-c2sc(C(C)(C)C)nc2-c2cccc(N)c2F)n1. The molecule has 0 spiro atoms. The predicted molar refractivity (Wildman–Crippen MR) is 130 cm³/mol. The van der Waals surface area contributed by atoms with Crippen molar-refractivity contribution in [2.45, 2.75) is 39.2 Å². The third-order valence-electron chi connectivity index (χ3n) is 5.12. The van der Waals surface area contributed by atoms with Crippen LogP contribution in [0.1, 0.15) is 32.7 Å². The number of anilines is 2. The Morgan fingerprint density at radius 1 is 1.30 bits per heavy atom. The minimum absolute atomic E-state index is 0.0671. The number of carbonyl (C=O) groups is 1. The topological polar surface area (TPSA) is 106 Å². The molecule has 0 aliphatic heterocycles. The molecule has 0 saturated carbocycles. The molecule has 1 atom stereocenters. The van der Waals surface area contributed by atoms with Crippen molar-refractivity contribution in [3.05, 3.63) is 41.3 Å². The quantitative estimate of drug-likeness (QED) is 0.497. The third kappa shape index (κ3) is 5.39. The summed E-state index contributed by atoms with van der Waals surface area (Å²) >= 11 is 1.47. The van der Waals surface area contributed by atoms with Crippen LogP contribution in [0.2, 0.25) is 0 Å². The summed E-state index contributed by atoms with van der Waals surface area (Å²) in [7, 11) is 3.00. The van der Waals surface area contributed by atoms with Crippen molar-refractivity contribution in [3.63, 3.8) is 0 Å². The molecule has 3 aromatic rings. The first-order chi connectivity index (χ1) is 15.5. The molecule has 1 amide bonds. The van der Waals surface area contributed by atoms with Crippen LogP contribution in [0.4, 0.5) is 20.8 Å². The van der Waals surface area contributed by atoms with Crippen molar-refractivity contribution in [1.82, 2.24) is 19.9 Å². The Morgan fingerprint density at radius 2 is 2.03 bits per heavy atom. The molecule has 33 heavy (non-hydrogen) atoms. The molecular weight excluding hydrogens is 443 g/mol. The van der Waals surface area contributed by atoms with Gasteiger partial charge in [0.1, 0.15) is 0 Å². The van der Waals surface area contributed by atoms with Gasteiger partial charge in [-0.3, -0.25) is 0 Å². The Balaban J connectivity index is 1.97. The second-order valence-corrected chi connectivity index (χ2v) is 9.73. The van der Waals surface area contributed by atoms with Crippen LogP contribution < -0.4 is 11.1 Å². The van der Waals surface area contributed by atoms with Gasteiger partial charge in [0.15, 0.2) is 5.82 Å². The highest BCUT2D eigenvalue weighted by Gasteiger charge is 2.26. The number of methoxy groups -OCH3 is 1. The molecule has 8 nitrogen and oxygen atoms in total. The number of thiazole rings is 1. The van der Waals surface area contributed by atoms with Gasteiger partial charge in [-0.05, 0) is 25.1 Å². The lowest BCUT2D eigenvalue weighted by Crippen LogP contribution is -2.39. The van der Waals surface area contributed by atoms with Gasteiger partial charge < -0.3 is 20.7 Å². The fraction of sp³-hybridized carbons (Fsp3) is 0.391. The van der Waals surface area contributed by atoms with Crippen LogP contribution in [0, 0.1) is 5.82 Å². The number of nitrogens with zero attached hydrogens (tertiary/aromatic N) is 4. The molecule has 0 aliphatic rings. The van der Waals surface area contributed by atoms with Crippen LogP contribution in [-0.2, 0) is 10.2 Å². The van der Waals surface area contributed by atoms with E-state index in [2.05, 4.69) is 36.1 Å².